The first-order chi connectivity index (χ1) is 11.0. The van der Waals surface area contributed by atoms with Crippen LogP contribution in [-0.2, 0) is 14.3 Å². The van der Waals surface area contributed by atoms with Crippen molar-refractivity contribution in [1.29, 1.82) is 0 Å². The Kier molecular flexibility index (Phi) is 5.46. The van der Waals surface area contributed by atoms with Crippen LogP contribution in [0, 0.1) is 0 Å². The molecule has 0 fully saturated rings. The summed E-state index contributed by atoms with van der Waals surface area (Å²) in [6, 6.07) is 15.1. The van der Waals surface area contributed by atoms with Crippen LogP contribution in [-0.4, -0.2) is 24.4 Å². The maximum atomic E-state index is 11.8. The highest BCUT2D eigenvalue weighted by Gasteiger charge is 2.10. The number of carbonyl (C=O) groups excluding carboxylic acids is 3. The van der Waals surface area contributed by atoms with Gasteiger partial charge in [-0.15, -0.1) is 0 Å². The standard InChI is InChI=1S/C17H16N2O4/c1-12(20)18-15-9-7-13(8-10-15)17(22)23-11-16(21)19-14-5-3-2-4-6-14/h2-10H,11H2,1H3,(H,18,20)(H,19,21). The van der Waals surface area contributed by atoms with Gasteiger partial charge < -0.3 is 15.4 Å². The maximum absolute atomic E-state index is 11.8. The minimum absolute atomic E-state index is 0.196. The molecule has 0 bridgehead atoms. The monoisotopic (exact) mass is 312 g/mol. The zero-order chi connectivity index (χ0) is 16.7. The summed E-state index contributed by atoms with van der Waals surface area (Å²) in [5.41, 5.74) is 1.51. The van der Waals surface area contributed by atoms with E-state index in [1.165, 1.54) is 19.1 Å². The van der Waals surface area contributed by atoms with Crippen molar-refractivity contribution in [2.45, 2.75) is 6.92 Å². The van der Waals surface area contributed by atoms with Crippen molar-refractivity contribution in [2.24, 2.45) is 0 Å². The van der Waals surface area contributed by atoms with Crippen LogP contribution in [0.1, 0.15) is 17.3 Å². The molecule has 23 heavy (non-hydrogen) atoms. The molecule has 118 valence electrons. The molecule has 0 aliphatic heterocycles. The fraction of sp³-hybridized carbons (Fsp3) is 0.118. The Hall–Kier alpha value is -3.15. The second kappa shape index (κ2) is 7.74. The van der Waals surface area contributed by atoms with E-state index in [-0.39, 0.29) is 12.5 Å². The predicted molar refractivity (Wildman–Crippen MR) is 86.1 cm³/mol. The van der Waals surface area contributed by atoms with Gasteiger partial charge in [-0.25, -0.2) is 4.79 Å². The van der Waals surface area contributed by atoms with Crippen LogP contribution >= 0.6 is 0 Å². The zero-order valence-electron chi connectivity index (χ0n) is 12.5. The SMILES string of the molecule is CC(=O)Nc1ccc(C(=O)OCC(=O)Nc2ccccc2)cc1. The number of benzene rings is 2. The molecule has 2 N–H and O–H groups in total. The Bertz CT molecular complexity index is 696. The van der Waals surface area contributed by atoms with Gasteiger partial charge in [0.05, 0.1) is 5.56 Å². The molecule has 2 aromatic rings. The molecular weight excluding hydrogens is 296 g/mol. The quantitative estimate of drug-likeness (QED) is 0.831. The Morgan fingerprint density at radius 3 is 2.09 bits per heavy atom. The molecule has 0 saturated carbocycles. The van der Waals surface area contributed by atoms with E-state index in [9.17, 15) is 14.4 Å². The summed E-state index contributed by atoms with van der Waals surface area (Å²) < 4.78 is 4.94. The van der Waals surface area contributed by atoms with Gasteiger partial charge in [0.1, 0.15) is 0 Å². The van der Waals surface area contributed by atoms with Crippen molar-refractivity contribution in [1.82, 2.24) is 0 Å². The fourth-order valence-electron chi connectivity index (χ4n) is 1.83. The number of hydrogen-bond donors (Lipinski definition) is 2. The van der Waals surface area contributed by atoms with E-state index >= 15 is 0 Å². The summed E-state index contributed by atoms with van der Waals surface area (Å²) in [5.74, 6) is -1.22. The summed E-state index contributed by atoms with van der Waals surface area (Å²) in [6.07, 6.45) is 0. The summed E-state index contributed by atoms with van der Waals surface area (Å²) in [7, 11) is 0. The highest BCUT2D eigenvalue weighted by Crippen LogP contribution is 2.10. The summed E-state index contributed by atoms with van der Waals surface area (Å²) in [4.78, 5) is 34.4. The molecule has 0 aliphatic carbocycles. The number of ether oxygens (including phenoxy) is 1. The van der Waals surface area contributed by atoms with E-state index < -0.39 is 11.9 Å². The van der Waals surface area contributed by atoms with Crippen LogP contribution in [0.2, 0.25) is 0 Å². The minimum atomic E-state index is -0.609. The van der Waals surface area contributed by atoms with E-state index in [0.717, 1.165) is 0 Å². The Morgan fingerprint density at radius 2 is 1.48 bits per heavy atom. The number of rotatable bonds is 5. The lowest BCUT2D eigenvalue weighted by atomic mass is 10.2. The third-order valence-electron chi connectivity index (χ3n) is 2.83. The van der Waals surface area contributed by atoms with E-state index in [0.29, 0.717) is 16.9 Å². The predicted octanol–water partition coefficient (Wildman–Crippen LogP) is 2.44. The molecular formula is C17H16N2O4. The van der Waals surface area contributed by atoms with Gasteiger partial charge in [0.15, 0.2) is 6.61 Å². The molecule has 0 unspecified atom stereocenters. The molecule has 6 heteroatoms. The van der Waals surface area contributed by atoms with Gasteiger partial charge in [-0.2, -0.15) is 0 Å². The fourth-order valence-corrected chi connectivity index (χ4v) is 1.83. The summed E-state index contributed by atoms with van der Waals surface area (Å²) in [5, 5.41) is 5.21. The molecule has 2 amide bonds. The minimum Gasteiger partial charge on any atom is -0.452 e. The highest BCUT2D eigenvalue weighted by molar-refractivity contribution is 5.96. The maximum Gasteiger partial charge on any atom is 0.338 e. The number of carbonyl (C=O) groups is 3. The summed E-state index contributed by atoms with van der Waals surface area (Å²) >= 11 is 0. The van der Waals surface area contributed by atoms with Crippen molar-refractivity contribution in [2.75, 3.05) is 17.2 Å². The number of anilines is 2. The van der Waals surface area contributed by atoms with Crippen LogP contribution in [0.5, 0.6) is 0 Å². The van der Waals surface area contributed by atoms with Crippen LogP contribution in [0.3, 0.4) is 0 Å². The highest BCUT2D eigenvalue weighted by atomic mass is 16.5. The van der Waals surface area contributed by atoms with Crippen LogP contribution in [0.4, 0.5) is 11.4 Å². The van der Waals surface area contributed by atoms with E-state index in [2.05, 4.69) is 10.6 Å². The molecule has 2 rings (SSSR count). The molecule has 0 heterocycles. The lowest BCUT2D eigenvalue weighted by Crippen LogP contribution is -2.20. The van der Waals surface area contributed by atoms with Crippen molar-refractivity contribution < 1.29 is 19.1 Å². The third-order valence-corrected chi connectivity index (χ3v) is 2.83. The smallest absolute Gasteiger partial charge is 0.338 e. The van der Waals surface area contributed by atoms with Gasteiger partial charge in [-0.3, -0.25) is 9.59 Å². The average Bonchev–Trinajstić information content (AvgIpc) is 2.54. The number of amides is 2. The van der Waals surface area contributed by atoms with Crippen LogP contribution in [0.15, 0.2) is 54.6 Å². The number of para-hydroxylation sites is 1. The van der Waals surface area contributed by atoms with Crippen molar-refractivity contribution in [3.8, 4) is 0 Å². The van der Waals surface area contributed by atoms with Crippen LogP contribution in [0.25, 0.3) is 0 Å². The number of esters is 1. The second-order valence-electron chi connectivity index (χ2n) is 4.75. The Morgan fingerprint density at radius 1 is 0.870 bits per heavy atom. The molecule has 0 saturated heterocycles. The van der Waals surface area contributed by atoms with Gasteiger partial charge in [0.2, 0.25) is 5.91 Å². The topological polar surface area (TPSA) is 84.5 Å². The number of hydrogen-bond acceptors (Lipinski definition) is 4. The van der Waals surface area contributed by atoms with Gasteiger partial charge in [0.25, 0.3) is 5.91 Å². The van der Waals surface area contributed by atoms with Gasteiger partial charge >= 0.3 is 5.97 Å². The van der Waals surface area contributed by atoms with E-state index in [4.69, 9.17) is 4.74 Å². The lowest BCUT2D eigenvalue weighted by molar-refractivity contribution is -0.119. The van der Waals surface area contributed by atoms with Gasteiger partial charge in [-0.05, 0) is 36.4 Å². The first-order valence-corrected chi connectivity index (χ1v) is 6.94. The Labute approximate surface area is 133 Å². The van der Waals surface area contributed by atoms with Gasteiger partial charge in [0, 0.05) is 18.3 Å². The normalized spacial score (nSPS) is 9.78. The number of nitrogens with one attached hydrogen (secondary N) is 2. The molecule has 0 aliphatic rings. The molecule has 6 nitrogen and oxygen atoms in total. The molecule has 0 atom stereocenters. The average molecular weight is 312 g/mol. The molecule has 2 aromatic carbocycles. The van der Waals surface area contributed by atoms with Crippen molar-refractivity contribution in [3.63, 3.8) is 0 Å². The summed E-state index contributed by atoms with van der Waals surface area (Å²) in [6.45, 7) is 1.02. The molecule has 0 spiro atoms. The second-order valence-corrected chi connectivity index (χ2v) is 4.75. The Balaban J connectivity index is 1.84. The lowest BCUT2D eigenvalue weighted by Gasteiger charge is -2.07. The largest absolute Gasteiger partial charge is 0.452 e. The van der Waals surface area contributed by atoms with Crippen molar-refractivity contribution in [3.05, 3.63) is 60.2 Å². The van der Waals surface area contributed by atoms with Crippen LogP contribution < -0.4 is 10.6 Å². The third kappa shape index (κ3) is 5.28. The first-order valence-electron chi connectivity index (χ1n) is 6.94. The zero-order valence-corrected chi connectivity index (χ0v) is 12.5. The first kappa shape index (κ1) is 16.2. The molecule has 0 aromatic heterocycles. The molecule has 0 radical (unpaired) electrons. The van der Waals surface area contributed by atoms with E-state index in [1.807, 2.05) is 6.07 Å². The van der Waals surface area contributed by atoms with E-state index in [1.54, 1.807) is 36.4 Å². The van der Waals surface area contributed by atoms with Crippen molar-refractivity contribution >= 4 is 29.2 Å². The van der Waals surface area contributed by atoms with Gasteiger partial charge in [-0.1, -0.05) is 18.2 Å².